The second-order valence-corrected chi connectivity index (χ2v) is 2.83. The van der Waals surface area contributed by atoms with Crippen LogP contribution in [0.1, 0.15) is 81.1 Å². The zero-order chi connectivity index (χ0) is 12.8. The first-order chi connectivity index (χ1) is 6.66. The van der Waals surface area contributed by atoms with Gasteiger partial charge in [-0.2, -0.15) is 7.11 Å². The zero-order valence-corrected chi connectivity index (χ0v) is 15.2. The number of hydrogen-bond acceptors (Lipinski definition) is 1. The summed E-state index contributed by atoms with van der Waals surface area (Å²) in [5.41, 5.74) is 0. The molecule has 0 aliphatic rings. The van der Waals surface area contributed by atoms with Crippen LogP contribution in [0.2, 0.25) is 0 Å². The van der Waals surface area contributed by atoms with Gasteiger partial charge in [0.1, 0.15) is 0 Å². The minimum absolute atomic E-state index is 0. The molecule has 0 radical (unpaired) electrons. The van der Waals surface area contributed by atoms with Gasteiger partial charge in [0.2, 0.25) is 0 Å². The summed E-state index contributed by atoms with van der Waals surface area (Å²) in [7, 11) is 0.750. The Bertz CT molecular complexity index is 18.5. The second-order valence-electron chi connectivity index (χ2n) is 2.83. The molecule has 0 bridgehead atoms. The van der Waals surface area contributed by atoms with E-state index in [1.807, 2.05) is 0 Å². The van der Waals surface area contributed by atoms with Crippen LogP contribution in [-0.4, -0.2) is 7.11 Å². The van der Waals surface area contributed by atoms with Crippen molar-refractivity contribution in [3.05, 3.63) is 0 Å². The monoisotopic (exact) mass is 230 g/mol. The van der Waals surface area contributed by atoms with Crippen LogP contribution in [0.25, 0.3) is 0 Å². The van der Waals surface area contributed by atoms with Gasteiger partial charge in [0.05, 0.1) is 0 Å². The van der Waals surface area contributed by atoms with Crippen molar-refractivity contribution in [3.8, 4) is 0 Å². The Morgan fingerprint density at radius 3 is 0.467 bits per heavy atom. The summed E-state index contributed by atoms with van der Waals surface area (Å²) in [6.07, 6.45) is 5.00. The molecule has 0 amide bonds. The van der Waals surface area contributed by atoms with Crippen molar-refractivity contribution in [1.82, 2.24) is 0 Å². The van der Waals surface area contributed by atoms with Gasteiger partial charge in [0.25, 0.3) is 0 Å². The molecular weight excluding hydrogens is 195 g/mol. The molecule has 0 N–H and O–H groups in total. The average Bonchev–Trinajstić information content (AvgIpc) is 2.12. The largest absolute Gasteiger partial charge is 1.00 e. The molecule has 1 nitrogen and oxygen atoms in total. The molecule has 0 aromatic rings. The van der Waals surface area contributed by atoms with Gasteiger partial charge in [0.15, 0.2) is 0 Å². The molecule has 0 fully saturated rings. The van der Waals surface area contributed by atoms with Gasteiger partial charge in [-0.05, 0) is 0 Å². The van der Waals surface area contributed by atoms with Gasteiger partial charge in [0, 0.05) is 0 Å². The molecule has 0 saturated heterocycles. The van der Waals surface area contributed by atoms with Gasteiger partial charge < -0.3 is 5.11 Å². The second kappa shape index (κ2) is 119. The minimum Gasteiger partial charge on any atom is -0.857 e. The van der Waals surface area contributed by atoms with Crippen molar-refractivity contribution < 1.29 is 34.7 Å². The Balaban J connectivity index is -0.0000000167. The summed E-state index contributed by atoms with van der Waals surface area (Å²) >= 11 is 0. The molecule has 0 aromatic carbocycles. The van der Waals surface area contributed by atoms with E-state index in [9.17, 15) is 0 Å². The minimum atomic E-state index is 0. The summed E-state index contributed by atoms with van der Waals surface area (Å²) in [5.74, 6) is 0. The van der Waals surface area contributed by atoms with Gasteiger partial charge in [-0.15, -0.1) is 0 Å². The predicted molar refractivity (Wildman–Crippen MR) is 69.8 cm³/mol. The standard InChI is InChI=1S/4C3H8.CH3O.Na/c4*1-3-2;1-2;/h4*3H2,1-2H3;1H3;/q;;;;-1;+1. The maximum Gasteiger partial charge on any atom is 1.00 e. The van der Waals surface area contributed by atoms with E-state index >= 15 is 0 Å². The van der Waals surface area contributed by atoms with Gasteiger partial charge in [-0.1, -0.05) is 81.1 Å². The fourth-order valence-electron chi connectivity index (χ4n) is 0. The smallest absolute Gasteiger partial charge is 0.857 e. The molecule has 0 atom stereocenters. The van der Waals surface area contributed by atoms with Crippen molar-refractivity contribution in [2.45, 2.75) is 81.1 Å². The van der Waals surface area contributed by atoms with Crippen LogP contribution < -0.4 is 34.7 Å². The van der Waals surface area contributed by atoms with E-state index in [1.54, 1.807) is 0 Å². The fourth-order valence-corrected chi connectivity index (χ4v) is 0. The molecule has 15 heavy (non-hydrogen) atoms. The van der Waals surface area contributed by atoms with Crippen LogP contribution in [0.3, 0.4) is 0 Å². The Morgan fingerprint density at radius 1 is 0.467 bits per heavy atom. The van der Waals surface area contributed by atoms with E-state index in [4.69, 9.17) is 5.11 Å². The molecule has 94 valence electrons. The number of rotatable bonds is 0. The maximum absolute atomic E-state index is 8.25. The van der Waals surface area contributed by atoms with Crippen LogP contribution >= 0.6 is 0 Å². The SMILES string of the molecule is CCC.CCC.CCC.CCC.C[O-].[Na+]. The van der Waals surface area contributed by atoms with E-state index in [2.05, 4.69) is 55.4 Å². The van der Waals surface area contributed by atoms with Crippen LogP contribution in [-0.2, 0) is 0 Å². The Morgan fingerprint density at radius 2 is 0.467 bits per heavy atom. The van der Waals surface area contributed by atoms with E-state index in [0.717, 1.165) is 7.11 Å². The zero-order valence-electron chi connectivity index (χ0n) is 13.2. The van der Waals surface area contributed by atoms with E-state index in [1.165, 1.54) is 25.7 Å². The third-order valence-corrected chi connectivity index (χ3v) is 0. The van der Waals surface area contributed by atoms with Crippen molar-refractivity contribution in [1.29, 1.82) is 0 Å². The summed E-state index contributed by atoms with van der Waals surface area (Å²) in [6.45, 7) is 17.0. The first kappa shape index (κ1) is 36.0. The van der Waals surface area contributed by atoms with Crippen molar-refractivity contribution in [2.75, 3.05) is 7.11 Å². The quantitative estimate of drug-likeness (QED) is 0.580. The Kier molecular flexibility index (Phi) is 284. The van der Waals surface area contributed by atoms with E-state index < -0.39 is 0 Å². The fraction of sp³-hybridized carbons (Fsp3) is 1.00. The summed E-state index contributed by atoms with van der Waals surface area (Å²) in [5, 5.41) is 8.25. The normalized spacial score (nSPS) is 5.20. The topological polar surface area (TPSA) is 23.1 Å². The van der Waals surface area contributed by atoms with Crippen molar-refractivity contribution >= 4 is 0 Å². The third kappa shape index (κ3) is 2730. The van der Waals surface area contributed by atoms with Crippen molar-refractivity contribution in [2.24, 2.45) is 0 Å². The summed E-state index contributed by atoms with van der Waals surface area (Å²) in [6, 6.07) is 0. The molecule has 0 aromatic heterocycles. The molecule has 0 aliphatic heterocycles. The Hall–Kier alpha value is 0.960. The molecule has 2 heteroatoms. The molecular formula is C13H35NaO. The summed E-state index contributed by atoms with van der Waals surface area (Å²) in [4.78, 5) is 0. The van der Waals surface area contributed by atoms with Gasteiger partial charge >= 0.3 is 29.6 Å². The van der Waals surface area contributed by atoms with Crippen molar-refractivity contribution in [3.63, 3.8) is 0 Å². The first-order valence-corrected chi connectivity index (χ1v) is 6.07. The van der Waals surface area contributed by atoms with Crippen LogP contribution in [0.5, 0.6) is 0 Å². The Labute approximate surface area is 122 Å². The number of hydrogen-bond donors (Lipinski definition) is 0. The van der Waals surface area contributed by atoms with Crippen LogP contribution in [0, 0.1) is 0 Å². The van der Waals surface area contributed by atoms with Crippen LogP contribution in [0.4, 0.5) is 0 Å². The maximum atomic E-state index is 8.25. The molecule has 0 saturated carbocycles. The summed E-state index contributed by atoms with van der Waals surface area (Å²) < 4.78 is 0. The van der Waals surface area contributed by atoms with Gasteiger partial charge in [-0.3, -0.25) is 0 Å². The van der Waals surface area contributed by atoms with Crippen LogP contribution in [0.15, 0.2) is 0 Å². The molecule has 0 unspecified atom stereocenters. The van der Waals surface area contributed by atoms with E-state index in [0.29, 0.717) is 0 Å². The molecule has 0 spiro atoms. The first-order valence-electron chi connectivity index (χ1n) is 6.07. The molecule has 0 heterocycles. The third-order valence-electron chi connectivity index (χ3n) is 0. The van der Waals surface area contributed by atoms with Gasteiger partial charge in [-0.25, -0.2) is 0 Å². The molecule has 0 rings (SSSR count). The average molecular weight is 230 g/mol. The molecule has 0 aliphatic carbocycles. The predicted octanol–water partition coefficient (Wildman–Crippen LogP) is 1.65. The van der Waals surface area contributed by atoms with E-state index in [-0.39, 0.29) is 29.6 Å².